The van der Waals surface area contributed by atoms with E-state index in [0.29, 0.717) is 12.2 Å². The van der Waals surface area contributed by atoms with E-state index in [-0.39, 0.29) is 12.3 Å². The zero-order chi connectivity index (χ0) is 16.9. The summed E-state index contributed by atoms with van der Waals surface area (Å²) in [4.78, 5) is 23.7. The Morgan fingerprint density at radius 3 is 2.52 bits per heavy atom. The number of carbonyl (C=O) groups is 2. The second-order valence-electron chi connectivity index (χ2n) is 6.12. The first-order valence-corrected chi connectivity index (χ1v) is 8.49. The maximum Gasteiger partial charge on any atom is 0.303 e. The lowest BCUT2D eigenvalue weighted by atomic mass is 9.98. The largest absolute Gasteiger partial charge is 0.481 e. The monoisotopic (exact) mass is 331 g/mol. The maximum atomic E-state index is 12.1. The molecule has 0 saturated carbocycles. The van der Waals surface area contributed by atoms with Gasteiger partial charge in [0.2, 0.25) is 5.91 Å². The Kier molecular flexibility index (Phi) is 5.66. The normalized spacial score (nSPS) is 11.4. The molecule has 2 aromatic carbocycles. The first-order chi connectivity index (χ1) is 10.9. The minimum atomic E-state index is -0.849. The van der Waals surface area contributed by atoms with Gasteiger partial charge in [-0.05, 0) is 43.2 Å². The van der Waals surface area contributed by atoms with Crippen molar-refractivity contribution in [3.8, 4) is 0 Å². The number of benzene rings is 2. The molecule has 0 saturated heterocycles. The number of aliphatic carboxylic acids is 1. The molecule has 23 heavy (non-hydrogen) atoms. The molecule has 2 aromatic rings. The van der Waals surface area contributed by atoms with Crippen molar-refractivity contribution in [2.24, 2.45) is 0 Å². The molecular formula is C18H21NO3S. The number of rotatable bonds is 7. The number of carbonyl (C=O) groups excluding carboxylic acids is 1. The second-order valence-corrected chi connectivity index (χ2v) is 7.17. The van der Waals surface area contributed by atoms with Crippen LogP contribution in [0.4, 0.5) is 0 Å². The van der Waals surface area contributed by atoms with Gasteiger partial charge in [-0.15, -0.1) is 11.8 Å². The molecule has 0 aliphatic rings. The van der Waals surface area contributed by atoms with E-state index in [1.54, 1.807) is 0 Å². The Balaban J connectivity index is 1.88. The molecule has 0 radical (unpaired) electrons. The second kappa shape index (κ2) is 7.51. The minimum absolute atomic E-state index is 0.0467. The third kappa shape index (κ3) is 5.60. The first kappa shape index (κ1) is 17.3. The van der Waals surface area contributed by atoms with E-state index in [1.807, 2.05) is 38.1 Å². The van der Waals surface area contributed by atoms with Crippen molar-refractivity contribution < 1.29 is 14.7 Å². The van der Waals surface area contributed by atoms with Gasteiger partial charge in [0, 0.05) is 16.9 Å². The summed E-state index contributed by atoms with van der Waals surface area (Å²) >= 11 is 1.48. The molecule has 0 aliphatic carbocycles. The smallest absolute Gasteiger partial charge is 0.303 e. The van der Waals surface area contributed by atoms with Gasteiger partial charge in [0.05, 0.1) is 5.75 Å². The van der Waals surface area contributed by atoms with Crippen molar-refractivity contribution in [3.63, 3.8) is 0 Å². The van der Waals surface area contributed by atoms with Crippen LogP contribution in [0.2, 0.25) is 0 Å². The fourth-order valence-corrected chi connectivity index (χ4v) is 3.05. The van der Waals surface area contributed by atoms with Crippen molar-refractivity contribution >= 4 is 34.4 Å². The van der Waals surface area contributed by atoms with E-state index in [9.17, 15) is 9.59 Å². The van der Waals surface area contributed by atoms with Crippen LogP contribution in [-0.2, 0) is 9.59 Å². The molecule has 0 atom stereocenters. The summed E-state index contributed by atoms with van der Waals surface area (Å²) in [5, 5.41) is 14.0. The van der Waals surface area contributed by atoms with Crippen LogP contribution in [0.1, 0.15) is 26.7 Å². The molecule has 5 heteroatoms. The number of hydrogen-bond donors (Lipinski definition) is 2. The Morgan fingerprint density at radius 1 is 1.13 bits per heavy atom. The predicted molar refractivity (Wildman–Crippen MR) is 93.8 cm³/mol. The number of carboxylic acids is 1. The van der Waals surface area contributed by atoms with Crippen molar-refractivity contribution in [2.75, 3.05) is 5.75 Å². The quantitative estimate of drug-likeness (QED) is 0.759. The topological polar surface area (TPSA) is 66.4 Å². The van der Waals surface area contributed by atoms with Crippen LogP contribution in [0.15, 0.2) is 47.4 Å². The Labute approximate surface area is 140 Å². The maximum absolute atomic E-state index is 12.1. The highest BCUT2D eigenvalue weighted by molar-refractivity contribution is 8.00. The van der Waals surface area contributed by atoms with Gasteiger partial charge in [-0.3, -0.25) is 9.59 Å². The number of thioether (sulfide) groups is 1. The molecule has 0 aromatic heterocycles. The van der Waals surface area contributed by atoms with E-state index >= 15 is 0 Å². The summed E-state index contributed by atoms with van der Waals surface area (Å²) in [7, 11) is 0. The van der Waals surface area contributed by atoms with Crippen LogP contribution in [0.5, 0.6) is 0 Å². The van der Waals surface area contributed by atoms with Crippen LogP contribution in [0.25, 0.3) is 10.8 Å². The first-order valence-electron chi connectivity index (χ1n) is 7.50. The van der Waals surface area contributed by atoms with Crippen LogP contribution in [0.3, 0.4) is 0 Å². The highest BCUT2D eigenvalue weighted by Crippen LogP contribution is 2.23. The van der Waals surface area contributed by atoms with Gasteiger partial charge < -0.3 is 10.4 Å². The van der Waals surface area contributed by atoms with Crippen LogP contribution >= 0.6 is 11.8 Å². The van der Waals surface area contributed by atoms with Gasteiger partial charge in [-0.1, -0.05) is 30.3 Å². The van der Waals surface area contributed by atoms with Gasteiger partial charge >= 0.3 is 5.97 Å². The van der Waals surface area contributed by atoms with E-state index < -0.39 is 11.5 Å². The summed E-state index contributed by atoms with van der Waals surface area (Å²) in [5.41, 5.74) is -0.514. The van der Waals surface area contributed by atoms with Gasteiger partial charge in [-0.2, -0.15) is 0 Å². The lowest BCUT2D eigenvalue weighted by Gasteiger charge is -2.25. The summed E-state index contributed by atoms with van der Waals surface area (Å²) in [6.45, 7) is 3.68. The summed E-state index contributed by atoms with van der Waals surface area (Å²) in [6.07, 6.45) is 0.458. The molecule has 0 fully saturated rings. The third-order valence-corrected chi connectivity index (χ3v) is 4.53. The zero-order valence-electron chi connectivity index (χ0n) is 13.3. The molecule has 0 aliphatic heterocycles. The standard InChI is InChI=1S/C18H21NO3S/c1-18(2,10-9-17(21)22)19-16(20)12-23-15-8-7-13-5-3-4-6-14(13)11-15/h3-8,11H,9-10,12H2,1-2H3,(H,19,20)(H,21,22). The SMILES string of the molecule is CC(C)(CCC(=O)O)NC(=O)CSc1ccc2ccccc2c1. The van der Waals surface area contributed by atoms with E-state index in [2.05, 4.69) is 23.5 Å². The van der Waals surface area contributed by atoms with Crippen molar-refractivity contribution in [1.82, 2.24) is 5.32 Å². The van der Waals surface area contributed by atoms with Gasteiger partial charge in [0.15, 0.2) is 0 Å². The zero-order valence-corrected chi connectivity index (χ0v) is 14.2. The number of amides is 1. The summed E-state index contributed by atoms with van der Waals surface area (Å²) < 4.78 is 0. The molecule has 2 rings (SSSR count). The number of fused-ring (bicyclic) bond motifs is 1. The highest BCUT2D eigenvalue weighted by Gasteiger charge is 2.21. The average molecular weight is 331 g/mol. The molecule has 4 nitrogen and oxygen atoms in total. The lowest BCUT2D eigenvalue weighted by molar-refractivity contribution is -0.137. The van der Waals surface area contributed by atoms with Gasteiger partial charge in [0.25, 0.3) is 0 Å². The van der Waals surface area contributed by atoms with E-state index in [1.165, 1.54) is 17.1 Å². The van der Waals surface area contributed by atoms with Gasteiger partial charge in [0.1, 0.15) is 0 Å². The number of carboxylic acid groups (broad SMARTS) is 1. The average Bonchev–Trinajstić information content (AvgIpc) is 2.50. The van der Waals surface area contributed by atoms with Crippen molar-refractivity contribution in [1.29, 1.82) is 0 Å². The van der Waals surface area contributed by atoms with Crippen LogP contribution in [0, 0.1) is 0 Å². The molecule has 2 N–H and O–H groups in total. The molecule has 1 amide bonds. The lowest BCUT2D eigenvalue weighted by Crippen LogP contribution is -2.44. The molecule has 0 heterocycles. The Morgan fingerprint density at radius 2 is 1.83 bits per heavy atom. The molecule has 122 valence electrons. The van der Waals surface area contributed by atoms with Gasteiger partial charge in [-0.25, -0.2) is 0 Å². The highest BCUT2D eigenvalue weighted by atomic mass is 32.2. The molecule has 0 unspecified atom stereocenters. The molecule has 0 bridgehead atoms. The van der Waals surface area contributed by atoms with E-state index in [0.717, 1.165) is 10.3 Å². The summed E-state index contributed by atoms with van der Waals surface area (Å²) in [5.74, 6) is -0.620. The van der Waals surface area contributed by atoms with Crippen LogP contribution in [-0.4, -0.2) is 28.3 Å². The van der Waals surface area contributed by atoms with Crippen molar-refractivity contribution in [2.45, 2.75) is 37.1 Å². The fourth-order valence-electron chi connectivity index (χ4n) is 2.30. The Bertz CT molecular complexity index is 712. The minimum Gasteiger partial charge on any atom is -0.481 e. The van der Waals surface area contributed by atoms with Crippen LogP contribution < -0.4 is 5.32 Å². The predicted octanol–water partition coefficient (Wildman–Crippen LogP) is 3.69. The van der Waals surface area contributed by atoms with E-state index in [4.69, 9.17) is 5.11 Å². The summed E-state index contributed by atoms with van der Waals surface area (Å²) in [6, 6.07) is 14.2. The van der Waals surface area contributed by atoms with Crippen molar-refractivity contribution in [3.05, 3.63) is 42.5 Å². The third-order valence-electron chi connectivity index (χ3n) is 3.53. The number of nitrogens with one attached hydrogen (secondary N) is 1. The molecule has 0 spiro atoms. The Hall–Kier alpha value is -2.01. The molecular weight excluding hydrogens is 310 g/mol. The number of hydrogen-bond acceptors (Lipinski definition) is 3. The fraction of sp³-hybridized carbons (Fsp3) is 0.333.